The quantitative estimate of drug-likeness (QED) is 0.697. The average molecular weight is 299 g/mol. The Morgan fingerprint density at radius 3 is 2.65 bits per heavy atom. The lowest BCUT2D eigenvalue weighted by Crippen LogP contribution is -2.37. The number of rotatable bonds is 10. The van der Waals surface area contributed by atoms with Gasteiger partial charge in [0.25, 0.3) is 0 Å². The lowest BCUT2D eigenvalue weighted by atomic mass is 10.1. The van der Waals surface area contributed by atoms with Crippen LogP contribution in [0.1, 0.15) is 39.7 Å². The molecule has 3 atom stereocenters. The van der Waals surface area contributed by atoms with E-state index in [2.05, 4.69) is 49.8 Å². The van der Waals surface area contributed by atoms with Crippen molar-refractivity contribution in [2.24, 2.45) is 5.92 Å². The molecule has 0 saturated carbocycles. The Morgan fingerprint density at radius 2 is 2.05 bits per heavy atom. The van der Waals surface area contributed by atoms with E-state index in [4.69, 9.17) is 4.74 Å². The zero-order valence-corrected chi connectivity index (χ0v) is 14.0. The van der Waals surface area contributed by atoms with Gasteiger partial charge in [-0.25, -0.2) is 0 Å². The van der Waals surface area contributed by atoms with Gasteiger partial charge in [-0.05, 0) is 55.0 Å². The zero-order chi connectivity index (χ0) is 15.0. The normalized spacial score (nSPS) is 16.3. The SMILES string of the molecule is CC(C)CC(C)OCC(O)CNC(C)Cc1ccsc1. The van der Waals surface area contributed by atoms with Crippen LogP contribution in [0.2, 0.25) is 0 Å². The van der Waals surface area contributed by atoms with Crippen molar-refractivity contribution in [2.75, 3.05) is 13.2 Å². The molecule has 0 radical (unpaired) electrons. The van der Waals surface area contributed by atoms with Gasteiger partial charge in [0.15, 0.2) is 0 Å². The number of thiophene rings is 1. The largest absolute Gasteiger partial charge is 0.389 e. The minimum atomic E-state index is -0.436. The van der Waals surface area contributed by atoms with Crippen molar-refractivity contribution >= 4 is 11.3 Å². The van der Waals surface area contributed by atoms with E-state index in [0.717, 1.165) is 12.8 Å². The van der Waals surface area contributed by atoms with E-state index < -0.39 is 6.10 Å². The maximum absolute atomic E-state index is 9.92. The van der Waals surface area contributed by atoms with Crippen LogP contribution in [0.4, 0.5) is 0 Å². The van der Waals surface area contributed by atoms with E-state index in [-0.39, 0.29) is 6.10 Å². The molecule has 0 amide bonds. The highest BCUT2D eigenvalue weighted by Gasteiger charge is 2.11. The first-order chi connectivity index (χ1) is 9.47. The molecule has 0 aliphatic rings. The Hall–Kier alpha value is -0.420. The zero-order valence-electron chi connectivity index (χ0n) is 13.1. The maximum Gasteiger partial charge on any atom is 0.0897 e. The second-order valence-corrected chi connectivity index (χ2v) is 6.85. The van der Waals surface area contributed by atoms with Crippen molar-refractivity contribution in [1.82, 2.24) is 5.32 Å². The van der Waals surface area contributed by atoms with Crippen molar-refractivity contribution < 1.29 is 9.84 Å². The summed E-state index contributed by atoms with van der Waals surface area (Å²) in [5.74, 6) is 0.630. The van der Waals surface area contributed by atoms with E-state index >= 15 is 0 Å². The van der Waals surface area contributed by atoms with E-state index in [1.807, 2.05) is 0 Å². The third kappa shape index (κ3) is 8.00. The van der Waals surface area contributed by atoms with Crippen LogP contribution in [0.25, 0.3) is 0 Å². The Morgan fingerprint density at radius 1 is 1.30 bits per heavy atom. The first-order valence-corrected chi connectivity index (χ1v) is 8.45. The molecule has 1 heterocycles. The fourth-order valence-corrected chi connectivity index (χ4v) is 2.92. The third-order valence-corrected chi connectivity index (χ3v) is 3.93. The summed E-state index contributed by atoms with van der Waals surface area (Å²) in [5, 5.41) is 17.6. The molecule has 20 heavy (non-hydrogen) atoms. The molecule has 1 rings (SSSR count). The molecule has 0 bridgehead atoms. The summed E-state index contributed by atoms with van der Waals surface area (Å²) in [4.78, 5) is 0. The molecular formula is C16H29NO2S. The maximum atomic E-state index is 9.92. The van der Waals surface area contributed by atoms with E-state index in [9.17, 15) is 5.11 Å². The molecule has 2 N–H and O–H groups in total. The van der Waals surface area contributed by atoms with E-state index in [0.29, 0.717) is 25.1 Å². The molecule has 0 aromatic carbocycles. The first kappa shape index (κ1) is 17.6. The molecule has 3 nitrogen and oxygen atoms in total. The van der Waals surface area contributed by atoms with Gasteiger partial charge in [0.2, 0.25) is 0 Å². The topological polar surface area (TPSA) is 41.5 Å². The highest BCUT2D eigenvalue weighted by atomic mass is 32.1. The lowest BCUT2D eigenvalue weighted by molar-refractivity contribution is -0.00911. The van der Waals surface area contributed by atoms with Gasteiger partial charge >= 0.3 is 0 Å². The Labute approximate surface area is 127 Å². The molecule has 0 aliphatic heterocycles. The van der Waals surface area contributed by atoms with Crippen LogP contribution >= 0.6 is 11.3 Å². The van der Waals surface area contributed by atoms with Crippen molar-refractivity contribution in [3.8, 4) is 0 Å². The van der Waals surface area contributed by atoms with E-state index in [1.165, 1.54) is 5.56 Å². The summed E-state index contributed by atoms with van der Waals surface area (Å²) in [6, 6.07) is 2.52. The number of ether oxygens (including phenoxy) is 1. The standard InChI is InChI=1S/C16H29NO2S/c1-12(2)7-14(4)19-10-16(18)9-17-13(3)8-15-5-6-20-11-15/h5-6,11-14,16-18H,7-10H2,1-4H3. The highest BCUT2D eigenvalue weighted by molar-refractivity contribution is 7.07. The molecule has 1 aromatic rings. The van der Waals surface area contributed by atoms with Crippen molar-refractivity contribution in [3.63, 3.8) is 0 Å². The predicted octanol–water partition coefficient (Wildman–Crippen LogP) is 3.08. The Kier molecular flexibility index (Phi) is 8.38. The Balaban J connectivity index is 2.11. The number of nitrogens with one attached hydrogen (secondary N) is 1. The summed E-state index contributed by atoms with van der Waals surface area (Å²) in [6.45, 7) is 9.58. The van der Waals surface area contributed by atoms with Crippen LogP contribution in [-0.4, -0.2) is 36.5 Å². The molecule has 0 spiro atoms. The van der Waals surface area contributed by atoms with Crippen molar-refractivity contribution in [1.29, 1.82) is 0 Å². The fourth-order valence-electron chi connectivity index (χ4n) is 2.24. The van der Waals surface area contributed by atoms with E-state index in [1.54, 1.807) is 11.3 Å². The summed E-state index contributed by atoms with van der Waals surface area (Å²) in [7, 11) is 0. The summed E-state index contributed by atoms with van der Waals surface area (Å²) in [6.07, 6.45) is 1.82. The molecule has 116 valence electrons. The number of hydrogen-bond acceptors (Lipinski definition) is 4. The number of aliphatic hydroxyl groups excluding tert-OH is 1. The van der Waals surface area contributed by atoms with Crippen LogP contribution in [-0.2, 0) is 11.2 Å². The van der Waals surface area contributed by atoms with Gasteiger partial charge in [0.05, 0.1) is 18.8 Å². The van der Waals surface area contributed by atoms with Gasteiger partial charge in [-0.1, -0.05) is 13.8 Å². The minimum Gasteiger partial charge on any atom is -0.389 e. The van der Waals surface area contributed by atoms with Crippen molar-refractivity contribution in [3.05, 3.63) is 22.4 Å². The molecule has 0 fully saturated rings. The molecule has 0 saturated heterocycles. The summed E-state index contributed by atoms with van der Waals surface area (Å²) >= 11 is 1.72. The fraction of sp³-hybridized carbons (Fsp3) is 0.750. The van der Waals surface area contributed by atoms with Crippen LogP contribution < -0.4 is 5.32 Å². The molecule has 3 unspecified atom stereocenters. The number of hydrogen-bond donors (Lipinski definition) is 2. The highest BCUT2D eigenvalue weighted by Crippen LogP contribution is 2.09. The van der Waals surface area contributed by atoms with Gasteiger partial charge in [0.1, 0.15) is 0 Å². The van der Waals surface area contributed by atoms with Crippen LogP contribution in [0.15, 0.2) is 16.8 Å². The smallest absolute Gasteiger partial charge is 0.0897 e. The monoisotopic (exact) mass is 299 g/mol. The van der Waals surface area contributed by atoms with Crippen LogP contribution in [0.3, 0.4) is 0 Å². The van der Waals surface area contributed by atoms with Crippen molar-refractivity contribution in [2.45, 2.75) is 58.8 Å². The Bertz CT molecular complexity index is 340. The lowest BCUT2D eigenvalue weighted by Gasteiger charge is -2.20. The second-order valence-electron chi connectivity index (χ2n) is 6.07. The molecule has 0 aliphatic carbocycles. The van der Waals surface area contributed by atoms with Gasteiger partial charge in [0, 0.05) is 12.6 Å². The minimum absolute atomic E-state index is 0.216. The average Bonchev–Trinajstić information content (AvgIpc) is 2.86. The molecule has 4 heteroatoms. The molecular weight excluding hydrogens is 270 g/mol. The third-order valence-electron chi connectivity index (χ3n) is 3.20. The van der Waals surface area contributed by atoms with Gasteiger partial charge in [-0.3, -0.25) is 0 Å². The summed E-state index contributed by atoms with van der Waals surface area (Å²) < 4.78 is 5.66. The predicted molar refractivity (Wildman–Crippen MR) is 86.4 cm³/mol. The van der Waals surface area contributed by atoms with Crippen LogP contribution in [0.5, 0.6) is 0 Å². The summed E-state index contributed by atoms with van der Waals surface area (Å²) in [5.41, 5.74) is 1.35. The molecule has 1 aromatic heterocycles. The van der Waals surface area contributed by atoms with Gasteiger partial charge < -0.3 is 15.2 Å². The number of aliphatic hydroxyl groups is 1. The van der Waals surface area contributed by atoms with Gasteiger partial charge in [-0.15, -0.1) is 0 Å². The van der Waals surface area contributed by atoms with Crippen LogP contribution in [0, 0.1) is 5.92 Å². The first-order valence-electron chi connectivity index (χ1n) is 7.51. The second kappa shape index (κ2) is 9.50. The van der Waals surface area contributed by atoms with Gasteiger partial charge in [-0.2, -0.15) is 11.3 Å².